The van der Waals surface area contributed by atoms with E-state index in [0.717, 1.165) is 0 Å². The predicted molar refractivity (Wildman–Crippen MR) is 115 cm³/mol. The van der Waals surface area contributed by atoms with Crippen molar-refractivity contribution in [1.29, 1.82) is 0 Å². The number of hydrogen-bond donors (Lipinski definition) is 2. The molecule has 0 fully saturated rings. The SMILES string of the molecule is COc1c(C)c(OC)c(C(=O)O)c(C)c1Cc1c(C)c(C(=O)O)c(OC)c(C)c1OC. The Hall–Kier alpha value is -3.42. The molecule has 0 radical (unpaired) electrons. The van der Waals surface area contributed by atoms with Gasteiger partial charge in [-0.15, -0.1) is 0 Å². The summed E-state index contributed by atoms with van der Waals surface area (Å²) < 4.78 is 21.9. The van der Waals surface area contributed by atoms with Gasteiger partial charge >= 0.3 is 11.9 Å². The lowest BCUT2D eigenvalue weighted by atomic mass is 9.87. The minimum atomic E-state index is -1.12. The largest absolute Gasteiger partial charge is 0.496 e. The van der Waals surface area contributed by atoms with E-state index in [9.17, 15) is 19.8 Å². The van der Waals surface area contributed by atoms with E-state index in [1.165, 1.54) is 28.4 Å². The number of carboxylic acid groups (broad SMARTS) is 2. The molecule has 0 aromatic heterocycles. The molecule has 0 unspecified atom stereocenters. The van der Waals surface area contributed by atoms with Crippen molar-refractivity contribution in [2.45, 2.75) is 34.1 Å². The summed E-state index contributed by atoms with van der Waals surface area (Å²) in [6.07, 6.45) is 0.195. The zero-order valence-corrected chi connectivity index (χ0v) is 19.1. The standard InChI is InChI=1S/C23H28O8/c1-10-14(18(28-5)12(3)20(30-7)16(10)22(24)25)9-15-11(2)17(23(26)27)21(31-8)13(4)19(15)29-6/h9H2,1-8H3,(H,24,25)(H,26,27). The Labute approximate surface area is 181 Å². The van der Waals surface area contributed by atoms with Gasteiger partial charge in [0.1, 0.15) is 34.1 Å². The molecular weight excluding hydrogens is 404 g/mol. The fraction of sp³-hybridized carbons (Fsp3) is 0.391. The lowest BCUT2D eigenvalue weighted by molar-refractivity contribution is 0.0681. The highest BCUT2D eigenvalue weighted by atomic mass is 16.5. The third-order valence-electron chi connectivity index (χ3n) is 5.62. The first-order valence-corrected chi connectivity index (χ1v) is 9.51. The maximum atomic E-state index is 12.0. The Kier molecular flexibility index (Phi) is 7.05. The Morgan fingerprint density at radius 1 is 0.581 bits per heavy atom. The van der Waals surface area contributed by atoms with E-state index in [2.05, 4.69) is 0 Å². The Balaban J connectivity index is 2.95. The zero-order chi connectivity index (χ0) is 23.6. The first-order chi connectivity index (χ1) is 14.6. The van der Waals surface area contributed by atoms with Gasteiger partial charge in [0, 0.05) is 28.7 Å². The molecule has 0 atom stereocenters. The molecule has 0 aliphatic carbocycles. The molecule has 0 bridgehead atoms. The average Bonchev–Trinajstić information content (AvgIpc) is 2.71. The Bertz CT molecular complexity index is 970. The number of benzene rings is 2. The van der Waals surface area contributed by atoms with Crippen molar-refractivity contribution in [3.05, 3.63) is 44.5 Å². The molecule has 2 N–H and O–H groups in total. The predicted octanol–water partition coefficient (Wildman–Crippen LogP) is 3.94. The summed E-state index contributed by atoms with van der Waals surface area (Å²) in [5.74, 6) is -0.834. The van der Waals surface area contributed by atoms with E-state index in [1.54, 1.807) is 27.7 Å². The van der Waals surface area contributed by atoms with Gasteiger partial charge in [0.15, 0.2) is 0 Å². The van der Waals surface area contributed by atoms with Crippen LogP contribution in [0.25, 0.3) is 0 Å². The quantitative estimate of drug-likeness (QED) is 0.645. The fourth-order valence-corrected chi connectivity index (χ4v) is 4.20. The van der Waals surface area contributed by atoms with Gasteiger partial charge in [0.05, 0.1) is 28.4 Å². The van der Waals surface area contributed by atoms with E-state index in [0.29, 0.717) is 44.9 Å². The average molecular weight is 432 g/mol. The monoisotopic (exact) mass is 432 g/mol. The van der Waals surface area contributed by atoms with E-state index < -0.39 is 11.9 Å². The zero-order valence-electron chi connectivity index (χ0n) is 19.1. The summed E-state index contributed by atoms with van der Waals surface area (Å²) in [7, 11) is 5.81. The Morgan fingerprint density at radius 2 is 0.871 bits per heavy atom. The number of carboxylic acids is 2. The molecule has 2 aromatic carbocycles. The van der Waals surface area contributed by atoms with E-state index in [1.807, 2.05) is 0 Å². The van der Waals surface area contributed by atoms with Crippen LogP contribution in [0.1, 0.15) is 54.1 Å². The Morgan fingerprint density at radius 3 is 1.10 bits per heavy atom. The van der Waals surface area contributed by atoms with Gasteiger partial charge in [-0.05, 0) is 38.8 Å². The molecule has 2 rings (SSSR count). The van der Waals surface area contributed by atoms with Crippen LogP contribution >= 0.6 is 0 Å². The van der Waals surface area contributed by atoms with Crippen molar-refractivity contribution < 1.29 is 38.7 Å². The summed E-state index contributed by atoms with van der Waals surface area (Å²) in [6.45, 7) is 6.80. The number of ether oxygens (including phenoxy) is 4. The van der Waals surface area contributed by atoms with Crippen LogP contribution in [0.5, 0.6) is 23.0 Å². The highest BCUT2D eigenvalue weighted by Crippen LogP contribution is 2.44. The molecule has 0 aliphatic heterocycles. The maximum absolute atomic E-state index is 12.0. The first-order valence-electron chi connectivity index (χ1n) is 9.51. The van der Waals surface area contributed by atoms with Crippen molar-refractivity contribution in [1.82, 2.24) is 0 Å². The van der Waals surface area contributed by atoms with Crippen molar-refractivity contribution in [3.63, 3.8) is 0 Å². The topological polar surface area (TPSA) is 112 Å². The van der Waals surface area contributed by atoms with Crippen LogP contribution in [0.15, 0.2) is 0 Å². The highest BCUT2D eigenvalue weighted by molar-refractivity contribution is 5.95. The van der Waals surface area contributed by atoms with Crippen LogP contribution in [0.2, 0.25) is 0 Å². The summed E-state index contributed by atoms with van der Waals surface area (Å²) in [6, 6.07) is 0. The molecule has 0 aliphatic rings. The molecule has 0 saturated carbocycles. The van der Waals surface area contributed by atoms with Crippen molar-refractivity contribution in [2.24, 2.45) is 0 Å². The number of carbonyl (C=O) groups is 2. The van der Waals surface area contributed by atoms with Gasteiger partial charge in [0.25, 0.3) is 0 Å². The summed E-state index contributed by atoms with van der Waals surface area (Å²) >= 11 is 0. The number of aromatic carboxylic acids is 2. The van der Waals surface area contributed by atoms with E-state index >= 15 is 0 Å². The van der Waals surface area contributed by atoms with Crippen LogP contribution in [-0.4, -0.2) is 50.6 Å². The molecule has 0 amide bonds. The van der Waals surface area contributed by atoms with Gasteiger partial charge in [-0.1, -0.05) is 0 Å². The van der Waals surface area contributed by atoms with Crippen molar-refractivity contribution >= 4 is 11.9 Å². The summed E-state index contributed by atoms with van der Waals surface area (Å²) in [4.78, 5) is 24.0. The lowest BCUT2D eigenvalue weighted by Crippen LogP contribution is -2.13. The van der Waals surface area contributed by atoms with Crippen molar-refractivity contribution in [2.75, 3.05) is 28.4 Å². The minimum Gasteiger partial charge on any atom is -0.496 e. The first kappa shape index (κ1) is 23.9. The van der Waals surface area contributed by atoms with Gasteiger partial charge in [0.2, 0.25) is 0 Å². The van der Waals surface area contributed by atoms with Crippen LogP contribution < -0.4 is 18.9 Å². The summed E-state index contributed by atoms with van der Waals surface area (Å²) in [5.41, 5.74) is 3.33. The molecular formula is C23H28O8. The van der Waals surface area contributed by atoms with E-state index in [4.69, 9.17) is 18.9 Å². The van der Waals surface area contributed by atoms with Crippen LogP contribution in [0.3, 0.4) is 0 Å². The second-order valence-corrected chi connectivity index (χ2v) is 7.13. The minimum absolute atomic E-state index is 0.0381. The third-order valence-corrected chi connectivity index (χ3v) is 5.62. The smallest absolute Gasteiger partial charge is 0.339 e. The molecule has 0 spiro atoms. The second kappa shape index (κ2) is 9.16. The third kappa shape index (κ3) is 3.85. The molecule has 2 aromatic rings. The van der Waals surface area contributed by atoms with Crippen molar-refractivity contribution in [3.8, 4) is 23.0 Å². The highest BCUT2D eigenvalue weighted by Gasteiger charge is 2.29. The van der Waals surface area contributed by atoms with Gasteiger partial charge in [-0.25, -0.2) is 9.59 Å². The van der Waals surface area contributed by atoms with Gasteiger partial charge < -0.3 is 29.2 Å². The fourth-order valence-electron chi connectivity index (χ4n) is 4.20. The molecule has 31 heavy (non-hydrogen) atoms. The molecule has 0 heterocycles. The number of rotatable bonds is 8. The normalized spacial score (nSPS) is 10.6. The van der Waals surface area contributed by atoms with Crippen LogP contribution in [-0.2, 0) is 6.42 Å². The molecule has 0 saturated heterocycles. The molecule has 8 nitrogen and oxygen atoms in total. The van der Waals surface area contributed by atoms with Crippen LogP contribution in [0, 0.1) is 27.7 Å². The number of hydrogen-bond acceptors (Lipinski definition) is 6. The van der Waals surface area contributed by atoms with Crippen LogP contribution in [0.4, 0.5) is 0 Å². The summed E-state index contributed by atoms with van der Waals surface area (Å²) in [5, 5.41) is 19.6. The van der Waals surface area contributed by atoms with E-state index in [-0.39, 0.29) is 29.0 Å². The second-order valence-electron chi connectivity index (χ2n) is 7.13. The van der Waals surface area contributed by atoms with Gasteiger partial charge in [-0.3, -0.25) is 0 Å². The molecule has 8 heteroatoms. The number of methoxy groups -OCH3 is 4. The molecule has 168 valence electrons. The lowest BCUT2D eigenvalue weighted by Gasteiger charge is -2.24. The maximum Gasteiger partial charge on any atom is 0.339 e. The van der Waals surface area contributed by atoms with Gasteiger partial charge in [-0.2, -0.15) is 0 Å².